The number of hydrogen-bond acceptors (Lipinski definition) is 8. The van der Waals surface area contributed by atoms with Crippen LogP contribution in [0.15, 0.2) is 29.6 Å². The van der Waals surface area contributed by atoms with Crippen molar-refractivity contribution in [3.63, 3.8) is 0 Å². The van der Waals surface area contributed by atoms with Gasteiger partial charge in [0.05, 0.1) is 23.9 Å². The first-order valence-electron chi connectivity index (χ1n) is 11.5. The zero-order valence-corrected chi connectivity index (χ0v) is 21.6. The van der Waals surface area contributed by atoms with Crippen molar-refractivity contribution in [2.45, 2.75) is 43.8 Å². The van der Waals surface area contributed by atoms with Gasteiger partial charge in [-0.25, -0.2) is 14.0 Å². The summed E-state index contributed by atoms with van der Waals surface area (Å²) in [5.41, 5.74) is 1.10. The number of carboxylic acid groups (broad SMARTS) is 2. The fourth-order valence-corrected chi connectivity index (χ4v) is 4.72. The Kier molecular flexibility index (Phi) is 14.1. The zero-order chi connectivity index (χ0) is 30.5. The van der Waals surface area contributed by atoms with Crippen LogP contribution >= 0.6 is 11.8 Å². The van der Waals surface area contributed by atoms with Gasteiger partial charge in [-0.2, -0.15) is 31.6 Å². The van der Waals surface area contributed by atoms with Crippen molar-refractivity contribution in [1.82, 2.24) is 14.8 Å². The molecule has 1 aromatic carbocycles. The fourth-order valence-electron chi connectivity index (χ4n) is 3.56. The zero-order valence-electron chi connectivity index (χ0n) is 20.7. The quantitative estimate of drug-likeness (QED) is 0.267. The molecular formula is C22H26F7N5O5S. The molecule has 3 rings (SSSR count). The fraction of sp³-hybridized carbons (Fsp3) is 0.591. The number of carboxylic acids is 2. The van der Waals surface area contributed by atoms with Gasteiger partial charge < -0.3 is 10.2 Å². The molecule has 0 spiro atoms. The molecule has 1 atom stereocenters. The summed E-state index contributed by atoms with van der Waals surface area (Å²) in [5.74, 6) is -4.04. The molecule has 1 unspecified atom stereocenters. The van der Waals surface area contributed by atoms with Crippen molar-refractivity contribution in [2.24, 2.45) is 5.29 Å². The van der Waals surface area contributed by atoms with Gasteiger partial charge in [-0.05, 0) is 30.5 Å². The van der Waals surface area contributed by atoms with Crippen LogP contribution < -0.4 is 0 Å². The van der Waals surface area contributed by atoms with Crippen molar-refractivity contribution < 1.29 is 50.5 Å². The number of nitrogens with zero attached hydrogens (tertiary/aromatic N) is 5. The Morgan fingerprint density at radius 1 is 1.05 bits per heavy atom. The molecule has 2 saturated heterocycles. The third-order valence-corrected chi connectivity index (χ3v) is 6.69. The minimum atomic E-state index is -5.08. The number of thioether (sulfide) groups is 1. The number of aliphatic carboxylic acids is 2. The van der Waals surface area contributed by atoms with Gasteiger partial charge in [0.25, 0.3) is 0 Å². The lowest BCUT2D eigenvalue weighted by molar-refractivity contribution is -0.193. The number of rotatable bonds is 7. The van der Waals surface area contributed by atoms with Crippen molar-refractivity contribution >= 4 is 23.7 Å². The molecule has 1 aromatic rings. The monoisotopic (exact) mass is 605 g/mol. The van der Waals surface area contributed by atoms with Crippen molar-refractivity contribution in [1.29, 1.82) is 5.26 Å². The first-order chi connectivity index (χ1) is 18.6. The number of benzene rings is 1. The summed E-state index contributed by atoms with van der Waals surface area (Å²) in [4.78, 5) is 33.5. The van der Waals surface area contributed by atoms with E-state index in [1.807, 2.05) is 12.1 Å². The van der Waals surface area contributed by atoms with Crippen LogP contribution in [-0.2, 0) is 16.1 Å². The molecule has 0 bridgehead atoms. The lowest BCUT2D eigenvalue weighted by Gasteiger charge is -2.36. The highest BCUT2D eigenvalue weighted by atomic mass is 32.2. The molecule has 0 saturated carbocycles. The number of hydrogen-bond donors (Lipinski definition) is 2. The molecule has 40 heavy (non-hydrogen) atoms. The van der Waals surface area contributed by atoms with E-state index in [2.05, 4.69) is 21.2 Å². The molecule has 2 aliphatic heterocycles. The minimum absolute atomic E-state index is 0.0499. The minimum Gasteiger partial charge on any atom is -0.475 e. The normalized spacial score (nSPS) is 18.4. The van der Waals surface area contributed by atoms with Crippen LogP contribution in [0.3, 0.4) is 0 Å². The average Bonchev–Trinajstić information content (AvgIpc) is 3.34. The van der Waals surface area contributed by atoms with Gasteiger partial charge in [-0.1, -0.05) is 12.1 Å². The molecular weight excluding hydrogens is 579 g/mol. The summed E-state index contributed by atoms with van der Waals surface area (Å²) in [6.07, 6.45) is -8.38. The molecule has 0 aromatic heterocycles. The van der Waals surface area contributed by atoms with Crippen molar-refractivity contribution in [3.05, 3.63) is 40.6 Å². The predicted molar refractivity (Wildman–Crippen MR) is 128 cm³/mol. The van der Waals surface area contributed by atoms with Crippen LogP contribution in [0.1, 0.15) is 18.4 Å². The first-order valence-corrected chi connectivity index (χ1v) is 12.6. The third-order valence-electron chi connectivity index (χ3n) is 5.63. The van der Waals surface area contributed by atoms with E-state index in [0.29, 0.717) is 13.1 Å². The summed E-state index contributed by atoms with van der Waals surface area (Å²) < 4.78 is 76.5. The molecule has 10 nitrogen and oxygen atoms in total. The average molecular weight is 606 g/mol. The number of piperidine rings is 1. The molecule has 18 heteroatoms. The van der Waals surface area contributed by atoms with Crippen molar-refractivity contribution in [2.75, 3.05) is 37.8 Å². The Morgan fingerprint density at radius 3 is 1.98 bits per heavy atom. The van der Waals surface area contributed by atoms with E-state index in [0.717, 1.165) is 49.7 Å². The van der Waals surface area contributed by atoms with E-state index < -0.39 is 24.3 Å². The highest BCUT2D eigenvalue weighted by molar-refractivity contribution is 7.99. The van der Waals surface area contributed by atoms with Crippen molar-refractivity contribution in [3.8, 4) is 6.07 Å². The van der Waals surface area contributed by atoms with E-state index in [4.69, 9.17) is 25.1 Å². The van der Waals surface area contributed by atoms with Gasteiger partial charge in [-0.15, -0.1) is 16.7 Å². The van der Waals surface area contributed by atoms with Crippen LogP contribution in [-0.4, -0.2) is 99.2 Å². The summed E-state index contributed by atoms with van der Waals surface area (Å²) in [6.45, 7) is 3.87. The number of halogens is 7. The smallest absolute Gasteiger partial charge is 0.475 e. The van der Waals surface area contributed by atoms with Crippen LogP contribution in [0.5, 0.6) is 0 Å². The SMILES string of the molecule is N#CC1CSCN1CCN(N=O)C1CCN(Cc2ccc(F)cc2)CC1.O=C(O)C(F)(F)F.O=C(O)C(F)(F)F. The molecule has 0 aliphatic carbocycles. The second-order valence-corrected chi connectivity index (χ2v) is 9.44. The molecule has 224 valence electrons. The molecule has 0 amide bonds. The Bertz CT molecular complexity index is 976. The van der Waals surface area contributed by atoms with Crippen LogP contribution in [0.2, 0.25) is 0 Å². The van der Waals surface area contributed by atoms with Gasteiger partial charge in [0.2, 0.25) is 0 Å². The predicted octanol–water partition coefficient (Wildman–Crippen LogP) is 3.94. The highest BCUT2D eigenvalue weighted by Crippen LogP contribution is 2.22. The Labute approximate surface area is 228 Å². The van der Waals surface area contributed by atoms with Gasteiger partial charge in [0.1, 0.15) is 11.9 Å². The summed E-state index contributed by atoms with van der Waals surface area (Å²) in [7, 11) is 0. The maximum absolute atomic E-state index is 13.0. The van der Waals surface area contributed by atoms with E-state index in [-0.39, 0.29) is 17.9 Å². The lowest BCUT2D eigenvalue weighted by atomic mass is 10.0. The summed E-state index contributed by atoms with van der Waals surface area (Å²) in [6, 6.07) is 9.05. The molecule has 2 N–H and O–H groups in total. The van der Waals surface area contributed by atoms with E-state index in [1.165, 1.54) is 12.1 Å². The number of likely N-dealkylation sites (tertiary alicyclic amines) is 1. The molecule has 2 aliphatic rings. The van der Waals surface area contributed by atoms with Gasteiger partial charge in [0, 0.05) is 37.8 Å². The Balaban J connectivity index is 0.000000473. The van der Waals surface area contributed by atoms with E-state index >= 15 is 0 Å². The third kappa shape index (κ3) is 12.8. The van der Waals surface area contributed by atoms with Crippen LogP contribution in [0.4, 0.5) is 30.7 Å². The maximum atomic E-state index is 13.0. The number of alkyl halides is 6. The standard InChI is InChI=1S/C18H24FN5OS.2C2HF3O2/c19-16-3-1-15(2-4-16)12-22-7-5-17(6-8-22)24(21-25)10-9-23-14-26-13-18(23)11-20;2*3-2(4,5)1(6)7/h1-4,17-18H,5-10,12-14H2;2*(H,6,7). The van der Waals surface area contributed by atoms with Crippen LogP contribution in [0, 0.1) is 22.1 Å². The van der Waals surface area contributed by atoms with E-state index in [9.17, 15) is 35.6 Å². The highest BCUT2D eigenvalue weighted by Gasteiger charge is 2.39. The number of nitriles is 1. The Morgan fingerprint density at radius 2 is 1.55 bits per heavy atom. The maximum Gasteiger partial charge on any atom is 0.490 e. The second-order valence-electron chi connectivity index (χ2n) is 8.44. The number of nitroso groups, excluding NO2 is 1. The number of carbonyl (C=O) groups is 2. The lowest BCUT2D eigenvalue weighted by Crippen LogP contribution is -2.45. The Hall–Kier alpha value is -3.17. The summed E-state index contributed by atoms with van der Waals surface area (Å²) in [5, 5.41) is 28.3. The first kappa shape index (κ1) is 34.9. The topological polar surface area (TPSA) is 138 Å². The second kappa shape index (κ2) is 16.2. The molecule has 2 heterocycles. The van der Waals surface area contributed by atoms with Gasteiger partial charge in [-0.3, -0.25) is 14.8 Å². The molecule has 2 fully saturated rings. The summed E-state index contributed by atoms with van der Waals surface area (Å²) >= 11 is 1.76. The van der Waals surface area contributed by atoms with Gasteiger partial charge in [0.15, 0.2) is 0 Å². The molecule has 0 radical (unpaired) electrons. The van der Waals surface area contributed by atoms with Crippen LogP contribution in [0.25, 0.3) is 0 Å². The largest absolute Gasteiger partial charge is 0.490 e. The van der Waals surface area contributed by atoms with Gasteiger partial charge >= 0.3 is 24.3 Å². The van der Waals surface area contributed by atoms with E-state index in [1.54, 1.807) is 16.8 Å².